The lowest BCUT2D eigenvalue weighted by atomic mass is 9.44. The van der Waals surface area contributed by atoms with E-state index in [-0.39, 0.29) is 0 Å². The van der Waals surface area contributed by atoms with Crippen molar-refractivity contribution in [3.8, 4) is 0 Å². The Labute approximate surface area is 132 Å². The molecule has 4 aliphatic rings. The Kier molecular flexibility index (Phi) is 3.30. The highest BCUT2D eigenvalue weighted by atomic mass is 14.6. The fourth-order valence-corrected chi connectivity index (χ4v) is 7.93. The Morgan fingerprint density at radius 3 is 2.24 bits per heavy atom. The molecule has 0 amide bonds. The van der Waals surface area contributed by atoms with Gasteiger partial charge in [0.2, 0.25) is 0 Å². The Morgan fingerprint density at radius 1 is 0.714 bits per heavy atom. The minimum atomic E-state index is 0.699. The SMILES string of the molecule is CC1CCC2CCC3C4CCC(C)C4(C)CCC3C2(C)C1. The Bertz CT molecular complexity index is 412. The molecule has 0 aromatic heterocycles. The zero-order valence-electron chi connectivity index (χ0n) is 14.8. The lowest BCUT2D eigenvalue weighted by Gasteiger charge is -2.61. The van der Waals surface area contributed by atoms with Gasteiger partial charge >= 0.3 is 0 Å². The van der Waals surface area contributed by atoms with E-state index in [0.29, 0.717) is 10.8 Å². The second-order valence-corrected chi connectivity index (χ2v) is 10.1. The zero-order chi connectivity index (χ0) is 14.8. The maximum absolute atomic E-state index is 2.71. The van der Waals surface area contributed by atoms with Crippen molar-refractivity contribution in [2.24, 2.45) is 46.3 Å². The average Bonchev–Trinajstić information content (AvgIpc) is 2.74. The van der Waals surface area contributed by atoms with Crippen LogP contribution in [-0.2, 0) is 0 Å². The van der Waals surface area contributed by atoms with Crippen molar-refractivity contribution in [1.82, 2.24) is 0 Å². The third-order valence-corrected chi connectivity index (χ3v) is 9.34. The van der Waals surface area contributed by atoms with E-state index in [0.717, 1.165) is 35.5 Å². The van der Waals surface area contributed by atoms with Gasteiger partial charge in [-0.3, -0.25) is 0 Å². The molecule has 0 aromatic rings. The fourth-order valence-electron chi connectivity index (χ4n) is 7.93. The topological polar surface area (TPSA) is 0 Å². The summed E-state index contributed by atoms with van der Waals surface area (Å²) >= 11 is 0. The van der Waals surface area contributed by atoms with Crippen LogP contribution in [0.25, 0.3) is 0 Å². The van der Waals surface area contributed by atoms with E-state index in [2.05, 4.69) is 27.7 Å². The molecule has 0 spiro atoms. The third kappa shape index (κ3) is 1.93. The van der Waals surface area contributed by atoms with E-state index < -0.39 is 0 Å². The van der Waals surface area contributed by atoms with Crippen LogP contribution in [0.4, 0.5) is 0 Å². The molecule has 0 aromatic carbocycles. The maximum Gasteiger partial charge on any atom is -0.0264 e. The maximum atomic E-state index is 2.71. The van der Waals surface area contributed by atoms with E-state index in [1.807, 2.05) is 0 Å². The Morgan fingerprint density at radius 2 is 1.43 bits per heavy atom. The van der Waals surface area contributed by atoms with Crippen LogP contribution >= 0.6 is 0 Å². The summed E-state index contributed by atoms with van der Waals surface area (Å²) in [6.45, 7) is 10.4. The smallest absolute Gasteiger partial charge is 0.0264 e. The molecule has 4 fully saturated rings. The summed E-state index contributed by atoms with van der Waals surface area (Å²) in [6, 6.07) is 0. The van der Waals surface area contributed by atoms with Crippen LogP contribution in [0.15, 0.2) is 0 Å². The first-order valence-corrected chi connectivity index (χ1v) is 9.95. The van der Waals surface area contributed by atoms with Gasteiger partial charge in [-0.15, -0.1) is 0 Å². The molecule has 0 heterocycles. The van der Waals surface area contributed by atoms with Crippen LogP contribution in [0.3, 0.4) is 0 Å². The third-order valence-electron chi connectivity index (χ3n) is 9.34. The van der Waals surface area contributed by atoms with Crippen LogP contribution < -0.4 is 0 Å². The van der Waals surface area contributed by atoms with Crippen molar-refractivity contribution in [3.63, 3.8) is 0 Å². The van der Waals surface area contributed by atoms with Gasteiger partial charge in [0, 0.05) is 0 Å². The van der Waals surface area contributed by atoms with E-state index in [1.165, 1.54) is 25.7 Å². The molecule has 4 saturated carbocycles. The number of hydrogen-bond acceptors (Lipinski definition) is 0. The summed E-state index contributed by atoms with van der Waals surface area (Å²) in [4.78, 5) is 0. The molecule has 0 aliphatic heterocycles. The first-order chi connectivity index (χ1) is 9.95. The van der Waals surface area contributed by atoms with E-state index in [4.69, 9.17) is 0 Å². The first kappa shape index (κ1) is 14.6. The molecule has 0 heteroatoms. The van der Waals surface area contributed by atoms with Gasteiger partial charge in [0.1, 0.15) is 0 Å². The summed E-state index contributed by atoms with van der Waals surface area (Å²) in [5, 5.41) is 0. The minimum Gasteiger partial charge on any atom is -0.0625 e. The predicted octanol–water partition coefficient (Wildman–Crippen LogP) is 6.30. The van der Waals surface area contributed by atoms with E-state index in [9.17, 15) is 0 Å². The van der Waals surface area contributed by atoms with Crippen molar-refractivity contribution < 1.29 is 0 Å². The zero-order valence-corrected chi connectivity index (χ0v) is 14.8. The quantitative estimate of drug-likeness (QED) is 0.490. The normalized spacial score (nSPS) is 60.0. The lowest BCUT2D eigenvalue weighted by molar-refractivity contribution is -0.117. The van der Waals surface area contributed by atoms with Crippen molar-refractivity contribution in [2.45, 2.75) is 85.5 Å². The van der Waals surface area contributed by atoms with Gasteiger partial charge in [-0.25, -0.2) is 0 Å². The van der Waals surface area contributed by atoms with Crippen molar-refractivity contribution in [1.29, 1.82) is 0 Å². The lowest BCUT2D eigenvalue weighted by Crippen LogP contribution is -2.53. The Hall–Kier alpha value is 0. The molecule has 8 atom stereocenters. The molecule has 0 nitrogen and oxygen atoms in total. The molecular formula is C21H36. The van der Waals surface area contributed by atoms with Crippen LogP contribution in [0.2, 0.25) is 0 Å². The van der Waals surface area contributed by atoms with Crippen molar-refractivity contribution in [2.75, 3.05) is 0 Å². The number of hydrogen-bond donors (Lipinski definition) is 0. The van der Waals surface area contributed by atoms with Crippen LogP contribution in [0, 0.1) is 46.3 Å². The van der Waals surface area contributed by atoms with Crippen LogP contribution in [0.5, 0.6) is 0 Å². The van der Waals surface area contributed by atoms with Crippen LogP contribution in [0.1, 0.15) is 85.5 Å². The molecule has 0 N–H and O–H groups in total. The second-order valence-electron chi connectivity index (χ2n) is 10.1. The summed E-state index contributed by atoms with van der Waals surface area (Å²) in [7, 11) is 0. The van der Waals surface area contributed by atoms with Gasteiger partial charge in [-0.1, -0.05) is 34.1 Å². The van der Waals surface area contributed by atoms with Crippen molar-refractivity contribution in [3.05, 3.63) is 0 Å². The molecule has 0 saturated heterocycles. The first-order valence-electron chi connectivity index (χ1n) is 9.95. The summed E-state index contributed by atoms with van der Waals surface area (Å²) in [5.74, 6) is 6.27. The van der Waals surface area contributed by atoms with Crippen molar-refractivity contribution >= 4 is 0 Å². The standard InChI is InChI=1S/C21H36/c1-14-5-7-16-8-9-17-18-10-6-15(2)20(18,3)12-11-19(17)21(16,4)13-14/h14-19H,5-13H2,1-4H3. The van der Waals surface area contributed by atoms with Gasteiger partial charge < -0.3 is 0 Å². The molecule has 21 heavy (non-hydrogen) atoms. The van der Waals surface area contributed by atoms with E-state index in [1.54, 1.807) is 32.1 Å². The highest BCUT2D eigenvalue weighted by molar-refractivity contribution is 5.08. The predicted molar refractivity (Wildman–Crippen MR) is 90.1 cm³/mol. The molecule has 4 rings (SSSR count). The van der Waals surface area contributed by atoms with E-state index >= 15 is 0 Å². The highest BCUT2D eigenvalue weighted by Crippen LogP contribution is 2.67. The van der Waals surface area contributed by atoms with Gasteiger partial charge in [-0.05, 0) is 97.7 Å². The number of rotatable bonds is 0. The summed E-state index contributed by atoms with van der Waals surface area (Å²) in [5.41, 5.74) is 1.40. The Balaban J connectivity index is 1.64. The minimum absolute atomic E-state index is 0.699. The molecule has 0 bridgehead atoms. The largest absolute Gasteiger partial charge is 0.0625 e. The fraction of sp³-hybridized carbons (Fsp3) is 1.00. The van der Waals surface area contributed by atoms with Gasteiger partial charge in [-0.2, -0.15) is 0 Å². The monoisotopic (exact) mass is 288 g/mol. The summed E-state index contributed by atoms with van der Waals surface area (Å²) in [6.07, 6.45) is 13.9. The molecule has 4 aliphatic carbocycles. The highest BCUT2D eigenvalue weighted by Gasteiger charge is 2.59. The molecule has 120 valence electrons. The molecule has 0 radical (unpaired) electrons. The van der Waals surface area contributed by atoms with Gasteiger partial charge in [0.15, 0.2) is 0 Å². The molecule has 8 unspecified atom stereocenters. The average molecular weight is 289 g/mol. The van der Waals surface area contributed by atoms with Gasteiger partial charge in [0.05, 0.1) is 0 Å². The van der Waals surface area contributed by atoms with Gasteiger partial charge in [0.25, 0.3) is 0 Å². The van der Waals surface area contributed by atoms with Crippen LogP contribution in [-0.4, -0.2) is 0 Å². The summed E-state index contributed by atoms with van der Waals surface area (Å²) < 4.78 is 0. The second kappa shape index (κ2) is 4.75. The molecular weight excluding hydrogens is 252 g/mol. The number of fused-ring (bicyclic) bond motifs is 5.